The summed E-state index contributed by atoms with van der Waals surface area (Å²) >= 11 is 5.43. The molecule has 1 unspecified atom stereocenters. The number of amides is 1. The highest BCUT2D eigenvalue weighted by atomic mass is 32.1. The van der Waals surface area contributed by atoms with Crippen LogP contribution in [0.3, 0.4) is 0 Å². The Kier molecular flexibility index (Phi) is 5.17. The zero-order valence-corrected chi connectivity index (χ0v) is 14.2. The van der Waals surface area contributed by atoms with Gasteiger partial charge in [-0.1, -0.05) is 12.1 Å². The quantitative estimate of drug-likeness (QED) is 0.796. The Morgan fingerprint density at radius 2 is 1.96 bits per heavy atom. The maximum Gasteiger partial charge on any atom is 0.387 e. The third kappa shape index (κ3) is 3.99. The number of hydrogen-bond acceptors (Lipinski definition) is 4. The number of hydrogen-bond donors (Lipinski definition) is 2. The van der Waals surface area contributed by atoms with Crippen molar-refractivity contribution in [1.82, 2.24) is 0 Å². The highest BCUT2D eigenvalue weighted by Gasteiger charge is 2.31. The number of primary amides is 1. The largest absolute Gasteiger partial charge is 0.477 e. The monoisotopic (exact) mass is 379 g/mol. The van der Waals surface area contributed by atoms with Crippen LogP contribution in [0.25, 0.3) is 0 Å². The summed E-state index contributed by atoms with van der Waals surface area (Å²) in [6.45, 7) is -2.73. The standard InChI is InChI=1S/C17H15F2N3O3S/c18-16(19)24-11-7-5-10(6-8-11)21-17(26)22-9-14(15(20)23)25-13-4-2-1-3-12(13)22/h1-8,14,16H,9H2,(H2,20,23)(H,21,26). The van der Waals surface area contributed by atoms with Gasteiger partial charge in [-0.2, -0.15) is 8.78 Å². The normalized spacial score (nSPS) is 15.8. The van der Waals surface area contributed by atoms with Crippen molar-refractivity contribution in [1.29, 1.82) is 0 Å². The van der Waals surface area contributed by atoms with E-state index < -0.39 is 18.6 Å². The van der Waals surface area contributed by atoms with Gasteiger partial charge >= 0.3 is 6.61 Å². The number of alkyl halides is 2. The number of ether oxygens (including phenoxy) is 2. The topological polar surface area (TPSA) is 76.8 Å². The van der Waals surface area contributed by atoms with E-state index in [4.69, 9.17) is 22.7 Å². The van der Waals surface area contributed by atoms with Crippen LogP contribution in [-0.4, -0.2) is 30.3 Å². The molecule has 0 fully saturated rings. The number of para-hydroxylation sites is 2. The molecule has 3 rings (SSSR count). The summed E-state index contributed by atoms with van der Waals surface area (Å²) in [7, 11) is 0. The van der Waals surface area contributed by atoms with Crippen molar-refractivity contribution in [3.8, 4) is 11.5 Å². The Hall–Kier alpha value is -2.94. The maximum atomic E-state index is 12.2. The first-order chi connectivity index (χ1) is 12.4. The van der Waals surface area contributed by atoms with Gasteiger partial charge in [-0.3, -0.25) is 4.79 Å². The van der Waals surface area contributed by atoms with E-state index in [-0.39, 0.29) is 12.3 Å². The number of thiocarbonyl (C=S) groups is 1. The first kappa shape index (κ1) is 17.9. The van der Waals surface area contributed by atoms with E-state index >= 15 is 0 Å². The molecule has 0 saturated heterocycles. The lowest BCUT2D eigenvalue weighted by Crippen LogP contribution is -2.50. The number of halogens is 2. The van der Waals surface area contributed by atoms with Crippen LogP contribution in [0.4, 0.5) is 20.2 Å². The van der Waals surface area contributed by atoms with Gasteiger partial charge in [0.25, 0.3) is 5.91 Å². The smallest absolute Gasteiger partial charge is 0.387 e. The fourth-order valence-electron chi connectivity index (χ4n) is 2.49. The lowest BCUT2D eigenvalue weighted by molar-refractivity contribution is -0.124. The molecule has 1 heterocycles. The molecular formula is C17H15F2N3O3S. The lowest BCUT2D eigenvalue weighted by Gasteiger charge is -2.35. The van der Waals surface area contributed by atoms with Crippen LogP contribution in [-0.2, 0) is 4.79 Å². The molecule has 1 amide bonds. The van der Waals surface area contributed by atoms with Gasteiger partial charge in [0.1, 0.15) is 11.5 Å². The zero-order valence-electron chi connectivity index (χ0n) is 13.4. The third-order valence-corrected chi connectivity index (χ3v) is 3.99. The van der Waals surface area contributed by atoms with Gasteiger partial charge in [0.2, 0.25) is 0 Å². The molecule has 6 nitrogen and oxygen atoms in total. The van der Waals surface area contributed by atoms with E-state index in [1.54, 1.807) is 35.2 Å². The van der Waals surface area contributed by atoms with Gasteiger partial charge in [0.15, 0.2) is 11.2 Å². The molecule has 9 heteroatoms. The molecule has 0 bridgehead atoms. The number of nitrogens with two attached hydrogens (primary N) is 1. The summed E-state index contributed by atoms with van der Waals surface area (Å²) in [5, 5.41) is 3.31. The molecule has 26 heavy (non-hydrogen) atoms. The summed E-state index contributed by atoms with van der Waals surface area (Å²) in [6, 6.07) is 13.0. The summed E-state index contributed by atoms with van der Waals surface area (Å²) in [5.74, 6) is -0.0600. The summed E-state index contributed by atoms with van der Waals surface area (Å²) in [4.78, 5) is 13.2. The van der Waals surface area contributed by atoms with Crippen molar-refractivity contribution in [3.63, 3.8) is 0 Å². The predicted molar refractivity (Wildman–Crippen MR) is 96.7 cm³/mol. The highest BCUT2D eigenvalue weighted by molar-refractivity contribution is 7.80. The van der Waals surface area contributed by atoms with Crippen LogP contribution in [0, 0.1) is 0 Å². The summed E-state index contributed by atoms with van der Waals surface area (Å²) in [6.07, 6.45) is -0.841. The molecule has 0 aromatic heterocycles. The third-order valence-electron chi connectivity index (χ3n) is 3.67. The van der Waals surface area contributed by atoms with Gasteiger partial charge in [0, 0.05) is 5.69 Å². The van der Waals surface area contributed by atoms with Crippen LogP contribution in [0.15, 0.2) is 48.5 Å². The Morgan fingerprint density at radius 1 is 1.27 bits per heavy atom. The predicted octanol–water partition coefficient (Wildman–Crippen LogP) is 2.74. The van der Waals surface area contributed by atoms with E-state index in [1.165, 1.54) is 12.1 Å². The summed E-state index contributed by atoms with van der Waals surface area (Å²) in [5.41, 5.74) is 6.64. The summed E-state index contributed by atoms with van der Waals surface area (Å²) < 4.78 is 34.3. The maximum absolute atomic E-state index is 12.2. The average molecular weight is 379 g/mol. The van der Waals surface area contributed by atoms with Crippen molar-refractivity contribution in [2.75, 3.05) is 16.8 Å². The number of rotatable bonds is 4. The molecule has 136 valence electrons. The van der Waals surface area contributed by atoms with Crippen molar-refractivity contribution >= 4 is 34.6 Å². The van der Waals surface area contributed by atoms with Crippen LogP contribution >= 0.6 is 12.2 Å². The van der Waals surface area contributed by atoms with Crippen molar-refractivity contribution in [2.45, 2.75) is 12.7 Å². The minimum atomic E-state index is -2.88. The van der Waals surface area contributed by atoms with Crippen molar-refractivity contribution in [3.05, 3.63) is 48.5 Å². The molecule has 1 aliphatic heterocycles. The van der Waals surface area contributed by atoms with Crippen molar-refractivity contribution < 1.29 is 23.0 Å². The van der Waals surface area contributed by atoms with Crippen LogP contribution in [0.1, 0.15) is 0 Å². The Labute approximate surface area is 153 Å². The van der Waals surface area contributed by atoms with Gasteiger partial charge in [-0.25, -0.2) is 0 Å². The fraction of sp³-hybridized carbons (Fsp3) is 0.176. The minimum absolute atomic E-state index is 0.0435. The van der Waals surface area contributed by atoms with E-state index in [0.717, 1.165) is 0 Å². The molecule has 3 N–H and O–H groups in total. The SMILES string of the molecule is NC(=O)C1CN(C(=S)Nc2ccc(OC(F)F)cc2)c2ccccc2O1. The van der Waals surface area contributed by atoms with E-state index in [0.29, 0.717) is 22.2 Å². The molecular weight excluding hydrogens is 364 g/mol. The number of benzene rings is 2. The molecule has 0 spiro atoms. The minimum Gasteiger partial charge on any atom is -0.477 e. The number of anilines is 2. The Balaban J connectivity index is 1.77. The van der Waals surface area contributed by atoms with E-state index in [9.17, 15) is 13.6 Å². The number of carbonyl (C=O) groups excluding carboxylic acids is 1. The zero-order chi connectivity index (χ0) is 18.7. The van der Waals surface area contributed by atoms with Gasteiger partial charge in [-0.15, -0.1) is 0 Å². The van der Waals surface area contributed by atoms with Crippen LogP contribution in [0.5, 0.6) is 11.5 Å². The van der Waals surface area contributed by atoms with Crippen LogP contribution < -0.4 is 25.4 Å². The lowest BCUT2D eigenvalue weighted by atomic mass is 10.2. The van der Waals surface area contributed by atoms with Gasteiger partial charge in [0.05, 0.1) is 12.2 Å². The first-order valence-corrected chi connectivity index (χ1v) is 8.03. The molecule has 0 aliphatic carbocycles. The first-order valence-electron chi connectivity index (χ1n) is 7.62. The number of nitrogens with zero attached hydrogens (tertiary/aromatic N) is 1. The highest BCUT2D eigenvalue weighted by Crippen LogP contribution is 2.33. The van der Waals surface area contributed by atoms with Crippen LogP contribution in [0.2, 0.25) is 0 Å². The molecule has 0 saturated carbocycles. The number of carbonyl (C=O) groups is 1. The number of fused-ring (bicyclic) bond motifs is 1. The molecule has 0 radical (unpaired) electrons. The second-order valence-corrected chi connectivity index (χ2v) is 5.81. The van der Waals surface area contributed by atoms with Gasteiger partial charge in [-0.05, 0) is 48.6 Å². The van der Waals surface area contributed by atoms with E-state index in [2.05, 4.69) is 10.1 Å². The van der Waals surface area contributed by atoms with E-state index in [1.807, 2.05) is 6.07 Å². The number of nitrogens with one attached hydrogen (secondary N) is 1. The average Bonchev–Trinajstić information content (AvgIpc) is 2.61. The van der Waals surface area contributed by atoms with Crippen molar-refractivity contribution in [2.24, 2.45) is 5.73 Å². The molecule has 2 aromatic rings. The molecule has 1 aliphatic rings. The Bertz CT molecular complexity index is 817. The second-order valence-electron chi connectivity index (χ2n) is 5.42. The Morgan fingerprint density at radius 3 is 2.62 bits per heavy atom. The molecule has 1 atom stereocenters. The molecule has 2 aromatic carbocycles. The fourth-order valence-corrected chi connectivity index (χ4v) is 2.78. The second kappa shape index (κ2) is 7.52. The van der Waals surface area contributed by atoms with Gasteiger partial charge < -0.3 is 25.4 Å².